The molecule has 4 unspecified atom stereocenters. The van der Waals surface area contributed by atoms with Crippen molar-refractivity contribution in [2.45, 2.75) is 91.3 Å². The van der Waals surface area contributed by atoms with E-state index in [2.05, 4.69) is 39.8 Å². The van der Waals surface area contributed by atoms with Gasteiger partial charge in [0.2, 0.25) is 0 Å². The molecule has 0 spiro atoms. The number of ether oxygens (including phenoxy) is 3. The first-order valence-corrected chi connectivity index (χ1v) is 14.7. The van der Waals surface area contributed by atoms with Crippen LogP contribution in [0.1, 0.15) is 83.8 Å². The van der Waals surface area contributed by atoms with E-state index >= 15 is 0 Å². The lowest BCUT2D eigenvalue weighted by atomic mass is 9.37. The van der Waals surface area contributed by atoms with Gasteiger partial charge in [-0.2, -0.15) is 0 Å². The molecule has 2 aromatic carbocycles. The summed E-state index contributed by atoms with van der Waals surface area (Å²) < 4.78 is 18.4. The molecule has 3 fully saturated rings. The van der Waals surface area contributed by atoms with Crippen LogP contribution >= 0.6 is 0 Å². The molecule has 1 heterocycles. The monoisotopic (exact) mass is 516 g/mol. The van der Waals surface area contributed by atoms with E-state index in [4.69, 9.17) is 14.2 Å². The number of carbonyl (C=O) groups is 1. The first kappa shape index (κ1) is 25.8. The third-order valence-corrected chi connectivity index (χ3v) is 11.7. The molecule has 0 radical (unpaired) electrons. The minimum atomic E-state index is -0.424. The van der Waals surface area contributed by atoms with Gasteiger partial charge in [0.15, 0.2) is 0 Å². The maximum Gasteiger partial charge on any atom is 0.312 e. The molecule has 4 aliphatic rings. The fourth-order valence-corrected chi connectivity index (χ4v) is 9.86. The highest BCUT2D eigenvalue weighted by atomic mass is 16.5. The number of fused-ring (bicyclic) bond motifs is 6. The Balaban J connectivity index is 1.28. The summed E-state index contributed by atoms with van der Waals surface area (Å²) in [7, 11) is 1.74. The van der Waals surface area contributed by atoms with Crippen LogP contribution in [0.5, 0.6) is 11.5 Å². The Kier molecular flexibility index (Phi) is 6.12. The normalized spacial score (nSPS) is 39.4. The maximum absolute atomic E-state index is 13.8. The Labute approximate surface area is 228 Å². The zero-order chi connectivity index (χ0) is 26.8. The standard InChI is InChI=1S/C34H44O4/c1-31-16-9-17-33(3,30(35)37-22-23-10-7-6-8-11-23)28(31)14-18-32(2)27(31)15-19-34(4)29(32)21-24-20-25(36-5)12-13-26(24)38-34/h6-8,10-13,20,27-29H,9,14-19,21-22H2,1-5H3/t27?,28?,29-,31?,32+,33-,34?/m0/s1. The number of benzene rings is 2. The molecule has 38 heavy (non-hydrogen) atoms. The Bertz CT molecular complexity index is 1210. The van der Waals surface area contributed by atoms with Crippen LogP contribution < -0.4 is 9.47 Å². The van der Waals surface area contributed by atoms with E-state index < -0.39 is 5.41 Å². The van der Waals surface area contributed by atoms with Crippen molar-refractivity contribution in [1.82, 2.24) is 0 Å². The third kappa shape index (κ3) is 3.80. The second kappa shape index (κ2) is 9.03. The summed E-state index contributed by atoms with van der Waals surface area (Å²) in [5, 5.41) is 0. The van der Waals surface area contributed by atoms with Crippen LogP contribution in [0.3, 0.4) is 0 Å². The van der Waals surface area contributed by atoms with Gasteiger partial charge >= 0.3 is 5.97 Å². The van der Waals surface area contributed by atoms with Crippen LogP contribution in [0.15, 0.2) is 48.5 Å². The number of methoxy groups -OCH3 is 1. The van der Waals surface area contributed by atoms with Gasteiger partial charge in [-0.05, 0) is 111 Å². The summed E-state index contributed by atoms with van der Waals surface area (Å²) in [6.07, 6.45) is 8.72. The lowest BCUT2D eigenvalue weighted by Gasteiger charge is -2.68. The lowest BCUT2D eigenvalue weighted by molar-refractivity contribution is -0.217. The molecule has 0 aromatic heterocycles. The smallest absolute Gasteiger partial charge is 0.312 e. The summed E-state index contributed by atoms with van der Waals surface area (Å²) in [4.78, 5) is 13.8. The van der Waals surface area contributed by atoms with E-state index in [1.807, 2.05) is 36.4 Å². The molecule has 3 saturated carbocycles. The summed E-state index contributed by atoms with van der Waals surface area (Å²) in [5.74, 6) is 3.31. The topological polar surface area (TPSA) is 44.8 Å². The summed E-state index contributed by atoms with van der Waals surface area (Å²) >= 11 is 0. The van der Waals surface area contributed by atoms with Crippen molar-refractivity contribution in [3.63, 3.8) is 0 Å². The van der Waals surface area contributed by atoms with E-state index in [0.29, 0.717) is 24.4 Å². The Morgan fingerprint density at radius 1 is 0.895 bits per heavy atom. The highest BCUT2D eigenvalue weighted by Gasteiger charge is 2.67. The van der Waals surface area contributed by atoms with Crippen molar-refractivity contribution >= 4 is 5.97 Å². The van der Waals surface area contributed by atoms with Gasteiger partial charge < -0.3 is 14.2 Å². The summed E-state index contributed by atoms with van der Waals surface area (Å²) in [5.41, 5.74) is 2.06. The van der Waals surface area contributed by atoms with Crippen LogP contribution in [0.2, 0.25) is 0 Å². The van der Waals surface area contributed by atoms with Crippen molar-refractivity contribution in [2.75, 3.05) is 7.11 Å². The number of hydrogen-bond acceptors (Lipinski definition) is 4. The molecule has 3 aliphatic carbocycles. The molecule has 0 N–H and O–H groups in total. The molecule has 204 valence electrons. The fraction of sp³-hybridized carbons (Fsp3) is 0.618. The average Bonchev–Trinajstić information content (AvgIpc) is 2.90. The van der Waals surface area contributed by atoms with E-state index in [9.17, 15) is 4.79 Å². The zero-order valence-electron chi connectivity index (χ0n) is 23.8. The summed E-state index contributed by atoms with van der Waals surface area (Å²) in [6.45, 7) is 10.00. The minimum Gasteiger partial charge on any atom is -0.497 e. The van der Waals surface area contributed by atoms with Crippen molar-refractivity contribution in [3.8, 4) is 11.5 Å². The second-order valence-electron chi connectivity index (χ2n) is 13.7. The first-order valence-electron chi connectivity index (χ1n) is 14.7. The number of esters is 1. The van der Waals surface area contributed by atoms with Crippen molar-refractivity contribution in [1.29, 1.82) is 0 Å². The van der Waals surface area contributed by atoms with E-state index in [-0.39, 0.29) is 22.4 Å². The predicted molar refractivity (Wildman–Crippen MR) is 149 cm³/mol. The van der Waals surface area contributed by atoms with Crippen molar-refractivity contribution in [2.24, 2.45) is 34.0 Å². The van der Waals surface area contributed by atoms with Gasteiger partial charge in [0, 0.05) is 5.92 Å². The van der Waals surface area contributed by atoms with Crippen LogP contribution in [0.4, 0.5) is 0 Å². The van der Waals surface area contributed by atoms with Gasteiger partial charge in [-0.25, -0.2) is 0 Å². The second-order valence-corrected chi connectivity index (χ2v) is 13.7. The lowest BCUT2D eigenvalue weighted by Crippen LogP contribution is -2.65. The maximum atomic E-state index is 13.8. The third-order valence-electron chi connectivity index (χ3n) is 11.7. The van der Waals surface area contributed by atoms with Crippen LogP contribution in [-0.4, -0.2) is 18.7 Å². The summed E-state index contributed by atoms with van der Waals surface area (Å²) in [6, 6.07) is 16.4. The van der Waals surface area contributed by atoms with Gasteiger partial charge in [0.25, 0.3) is 0 Å². The molecule has 0 bridgehead atoms. The molecule has 0 amide bonds. The first-order chi connectivity index (χ1) is 18.1. The Morgan fingerprint density at radius 3 is 2.39 bits per heavy atom. The van der Waals surface area contributed by atoms with E-state index in [1.54, 1.807) is 7.11 Å². The van der Waals surface area contributed by atoms with Crippen LogP contribution in [-0.2, 0) is 22.6 Å². The van der Waals surface area contributed by atoms with Crippen LogP contribution in [0.25, 0.3) is 0 Å². The molecule has 0 saturated heterocycles. The molecule has 2 aromatic rings. The SMILES string of the molecule is COc1ccc2c(c1)C[C@@H]1C(C)(CCC3C4(C)CCC[C@](C)(C(=O)OCc5ccccc5)C4CC[C@]31C)O2. The van der Waals surface area contributed by atoms with Crippen molar-refractivity contribution < 1.29 is 19.0 Å². The molecule has 4 nitrogen and oxygen atoms in total. The van der Waals surface area contributed by atoms with E-state index in [1.165, 1.54) is 12.0 Å². The van der Waals surface area contributed by atoms with Crippen LogP contribution in [0, 0.1) is 34.0 Å². The average molecular weight is 517 g/mol. The molecule has 4 heteroatoms. The predicted octanol–water partition coefficient (Wildman–Crippen LogP) is 7.77. The van der Waals surface area contributed by atoms with Gasteiger partial charge in [0.05, 0.1) is 12.5 Å². The zero-order valence-corrected chi connectivity index (χ0v) is 23.8. The minimum absolute atomic E-state index is 0.00329. The van der Waals surface area contributed by atoms with E-state index in [0.717, 1.165) is 62.0 Å². The molecular weight excluding hydrogens is 472 g/mol. The Hall–Kier alpha value is -2.49. The van der Waals surface area contributed by atoms with Gasteiger partial charge in [0.1, 0.15) is 23.7 Å². The molecule has 6 rings (SSSR count). The highest BCUT2D eigenvalue weighted by molar-refractivity contribution is 5.77. The fourth-order valence-electron chi connectivity index (χ4n) is 9.86. The van der Waals surface area contributed by atoms with Gasteiger partial charge in [-0.15, -0.1) is 0 Å². The molecular formula is C34H44O4. The Morgan fingerprint density at radius 2 is 1.63 bits per heavy atom. The number of hydrogen-bond donors (Lipinski definition) is 0. The molecule has 7 atom stereocenters. The largest absolute Gasteiger partial charge is 0.497 e. The number of rotatable bonds is 4. The van der Waals surface area contributed by atoms with Crippen molar-refractivity contribution in [3.05, 3.63) is 59.7 Å². The number of carbonyl (C=O) groups excluding carboxylic acids is 1. The quantitative estimate of drug-likeness (QED) is 0.389. The highest BCUT2D eigenvalue weighted by Crippen LogP contribution is 2.71. The van der Waals surface area contributed by atoms with Gasteiger partial charge in [-0.1, -0.05) is 50.6 Å². The van der Waals surface area contributed by atoms with Gasteiger partial charge in [-0.3, -0.25) is 4.79 Å². The molecule has 1 aliphatic heterocycles.